The molecule has 0 bridgehead atoms. The van der Waals surface area contributed by atoms with Crippen molar-refractivity contribution >= 4 is 16.8 Å². The van der Waals surface area contributed by atoms with Gasteiger partial charge in [0.25, 0.3) is 5.91 Å². The first-order valence-corrected chi connectivity index (χ1v) is 9.32. The number of aryl methyl sites for hydroxylation is 1. The van der Waals surface area contributed by atoms with Gasteiger partial charge in [0, 0.05) is 18.0 Å². The molecule has 3 atom stereocenters. The first-order valence-electron chi connectivity index (χ1n) is 9.32. The fourth-order valence-electron chi connectivity index (χ4n) is 3.76. The highest BCUT2D eigenvalue weighted by Crippen LogP contribution is 2.27. The molecular weight excluding hydrogens is 332 g/mol. The van der Waals surface area contributed by atoms with Crippen LogP contribution in [0.5, 0.6) is 5.75 Å². The molecule has 0 spiro atoms. The third kappa shape index (κ3) is 3.71. The van der Waals surface area contributed by atoms with Gasteiger partial charge in [0.2, 0.25) is 0 Å². The maximum Gasteiger partial charge on any atom is 0.268 e. The van der Waals surface area contributed by atoms with E-state index in [9.17, 15) is 9.90 Å². The molecule has 1 aromatic carbocycles. The molecule has 26 heavy (non-hydrogen) atoms. The molecule has 1 aromatic heterocycles. The number of amides is 1. The van der Waals surface area contributed by atoms with Crippen molar-refractivity contribution in [1.82, 2.24) is 10.3 Å². The number of rotatable bonds is 5. The van der Waals surface area contributed by atoms with Crippen molar-refractivity contribution < 1.29 is 19.4 Å². The number of aromatic nitrogens is 1. The highest BCUT2D eigenvalue weighted by molar-refractivity contribution is 6.01. The molecule has 6 nitrogen and oxygen atoms in total. The summed E-state index contributed by atoms with van der Waals surface area (Å²) in [6, 6.07) is 5.45. The zero-order valence-electron chi connectivity index (χ0n) is 15.7. The highest BCUT2D eigenvalue weighted by atomic mass is 16.5. The predicted octanol–water partition coefficient (Wildman–Crippen LogP) is 2.92. The van der Waals surface area contributed by atoms with Crippen LogP contribution in [-0.4, -0.2) is 48.0 Å². The second kappa shape index (κ2) is 8.10. The number of methoxy groups -OCH3 is 1. The minimum absolute atomic E-state index is 0.197. The third-order valence-electron chi connectivity index (χ3n) is 5.23. The Morgan fingerprint density at radius 2 is 2.12 bits per heavy atom. The van der Waals surface area contributed by atoms with Gasteiger partial charge in [-0.15, -0.1) is 0 Å². The molecule has 2 aromatic rings. The quantitative estimate of drug-likeness (QED) is 0.716. The van der Waals surface area contributed by atoms with Crippen LogP contribution in [0, 0.1) is 6.92 Å². The summed E-state index contributed by atoms with van der Waals surface area (Å²) in [5, 5.41) is 14.5. The number of benzene rings is 1. The van der Waals surface area contributed by atoms with Crippen LogP contribution in [-0.2, 0) is 4.74 Å². The van der Waals surface area contributed by atoms with Gasteiger partial charge < -0.3 is 24.9 Å². The lowest BCUT2D eigenvalue weighted by Crippen LogP contribution is -2.48. The maximum atomic E-state index is 12.8. The van der Waals surface area contributed by atoms with Gasteiger partial charge in [-0.3, -0.25) is 4.79 Å². The number of hydrogen-bond donors (Lipinski definition) is 3. The number of ether oxygens (including phenoxy) is 2. The molecule has 1 saturated carbocycles. The predicted molar refractivity (Wildman–Crippen MR) is 101 cm³/mol. The molecule has 3 rings (SSSR count). The summed E-state index contributed by atoms with van der Waals surface area (Å²) in [7, 11) is 1.61. The van der Waals surface area contributed by atoms with Crippen LogP contribution >= 0.6 is 0 Å². The van der Waals surface area contributed by atoms with Crippen LogP contribution in [0.15, 0.2) is 18.2 Å². The molecule has 0 unspecified atom stereocenters. The standard InChI is InChI=1S/C20H28N2O4/c1-4-26-13-9-10-15-14(11-13)12(2)18(21-15)20(24)22-16-7-5-6-8-17(25-3)19(16)23/h9-11,16-17,19,21,23H,4-8H2,1-3H3,(H,22,24)/t16-,17-,19-/m1/s1. The van der Waals surface area contributed by atoms with Crippen LogP contribution < -0.4 is 10.1 Å². The molecule has 3 N–H and O–H groups in total. The SMILES string of the molecule is CCOc1ccc2[nH]c(C(=O)N[C@@H]3CCCC[C@@H](OC)[C@@H]3O)c(C)c2c1. The van der Waals surface area contributed by atoms with Gasteiger partial charge in [0.05, 0.1) is 18.8 Å². The van der Waals surface area contributed by atoms with Crippen molar-refractivity contribution in [3.63, 3.8) is 0 Å². The Morgan fingerprint density at radius 3 is 2.85 bits per heavy atom. The summed E-state index contributed by atoms with van der Waals surface area (Å²) in [5.41, 5.74) is 2.30. The average molecular weight is 360 g/mol. The van der Waals surface area contributed by atoms with Gasteiger partial charge in [-0.1, -0.05) is 12.8 Å². The Balaban J connectivity index is 1.82. The van der Waals surface area contributed by atoms with E-state index in [-0.39, 0.29) is 18.1 Å². The van der Waals surface area contributed by atoms with Gasteiger partial charge in [-0.2, -0.15) is 0 Å². The number of aromatic amines is 1. The smallest absolute Gasteiger partial charge is 0.268 e. The molecular formula is C20H28N2O4. The molecule has 0 radical (unpaired) electrons. The Labute approximate surface area is 153 Å². The van der Waals surface area contributed by atoms with Crippen molar-refractivity contribution in [3.05, 3.63) is 29.5 Å². The topological polar surface area (TPSA) is 83.6 Å². The maximum absolute atomic E-state index is 12.8. The summed E-state index contributed by atoms with van der Waals surface area (Å²) in [6.45, 7) is 4.46. The second-order valence-corrected chi connectivity index (χ2v) is 6.89. The van der Waals surface area contributed by atoms with E-state index in [0.717, 1.165) is 47.9 Å². The highest BCUT2D eigenvalue weighted by Gasteiger charge is 2.31. The lowest BCUT2D eigenvalue weighted by molar-refractivity contribution is -0.0277. The monoisotopic (exact) mass is 360 g/mol. The molecule has 6 heteroatoms. The summed E-state index contributed by atoms with van der Waals surface area (Å²) in [4.78, 5) is 16.0. The third-order valence-corrected chi connectivity index (χ3v) is 5.23. The minimum atomic E-state index is -0.694. The number of aliphatic hydroxyl groups excluding tert-OH is 1. The number of nitrogens with one attached hydrogen (secondary N) is 2. The summed E-state index contributed by atoms with van der Waals surface area (Å²) >= 11 is 0. The van der Waals surface area contributed by atoms with Crippen molar-refractivity contribution in [2.24, 2.45) is 0 Å². The van der Waals surface area contributed by atoms with Gasteiger partial charge >= 0.3 is 0 Å². The molecule has 0 saturated heterocycles. The summed E-state index contributed by atoms with van der Waals surface area (Å²) < 4.78 is 10.9. The Morgan fingerprint density at radius 1 is 1.35 bits per heavy atom. The summed E-state index contributed by atoms with van der Waals surface area (Å²) in [6.07, 6.45) is 2.59. The number of carbonyl (C=O) groups is 1. The molecule has 142 valence electrons. The van der Waals surface area contributed by atoms with E-state index in [1.165, 1.54) is 0 Å². The zero-order chi connectivity index (χ0) is 18.7. The molecule has 0 aliphatic heterocycles. The van der Waals surface area contributed by atoms with Crippen LogP contribution in [0.3, 0.4) is 0 Å². The Bertz CT molecular complexity index is 771. The molecule has 1 heterocycles. The molecule has 1 aliphatic carbocycles. The minimum Gasteiger partial charge on any atom is -0.494 e. The van der Waals surface area contributed by atoms with E-state index in [1.54, 1.807) is 7.11 Å². The largest absolute Gasteiger partial charge is 0.494 e. The number of carbonyl (C=O) groups excluding carboxylic acids is 1. The van der Waals surface area contributed by atoms with E-state index in [1.807, 2.05) is 32.0 Å². The van der Waals surface area contributed by atoms with Gasteiger partial charge in [0.15, 0.2) is 0 Å². The van der Waals surface area contributed by atoms with E-state index in [4.69, 9.17) is 9.47 Å². The van der Waals surface area contributed by atoms with Crippen molar-refractivity contribution in [2.45, 2.75) is 57.8 Å². The number of aliphatic hydroxyl groups is 1. The number of hydrogen-bond acceptors (Lipinski definition) is 4. The molecule has 1 fully saturated rings. The normalized spacial score (nSPS) is 23.6. The van der Waals surface area contributed by atoms with Gasteiger partial charge in [0.1, 0.15) is 17.5 Å². The van der Waals surface area contributed by atoms with E-state index < -0.39 is 6.10 Å². The fourth-order valence-corrected chi connectivity index (χ4v) is 3.76. The Hall–Kier alpha value is -2.05. The molecule has 1 aliphatic rings. The lowest BCUT2D eigenvalue weighted by atomic mass is 10.0. The zero-order valence-corrected chi connectivity index (χ0v) is 15.7. The van der Waals surface area contributed by atoms with E-state index in [2.05, 4.69) is 10.3 Å². The van der Waals surface area contributed by atoms with Gasteiger partial charge in [-0.05, 0) is 50.5 Å². The van der Waals surface area contributed by atoms with Crippen LogP contribution in [0.2, 0.25) is 0 Å². The fraction of sp³-hybridized carbons (Fsp3) is 0.550. The molecule has 1 amide bonds. The number of fused-ring (bicyclic) bond motifs is 1. The lowest BCUT2D eigenvalue weighted by Gasteiger charge is -2.27. The van der Waals surface area contributed by atoms with E-state index in [0.29, 0.717) is 12.3 Å². The van der Waals surface area contributed by atoms with Gasteiger partial charge in [-0.25, -0.2) is 0 Å². The Kier molecular flexibility index (Phi) is 5.84. The average Bonchev–Trinajstić information content (AvgIpc) is 2.86. The van der Waals surface area contributed by atoms with Crippen LogP contribution in [0.4, 0.5) is 0 Å². The summed E-state index contributed by atoms with van der Waals surface area (Å²) in [5.74, 6) is 0.591. The van der Waals surface area contributed by atoms with Crippen molar-refractivity contribution in [3.8, 4) is 5.75 Å². The second-order valence-electron chi connectivity index (χ2n) is 6.89. The van der Waals surface area contributed by atoms with E-state index >= 15 is 0 Å². The first kappa shape index (κ1) is 18.7. The van der Waals surface area contributed by atoms with Crippen LogP contribution in [0.25, 0.3) is 10.9 Å². The first-order chi connectivity index (χ1) is 12.5. The van der Waals surface area contributed by atoms with Crippen molar-refractivity contribution in [1.29, 1.82) is 0 Å². The van der Waals surface area contributed by atoms with Crippen LogP contribution in [0.1, 0.15) is 48.7 Å². The number of H-pyrrole nitrogens is 1. The van der Waals surface area contributed by atoms with Crippen molar-refractivity contribution in [2.75, 3.05) is 13.7 Å².